The zero-order valence-electron chi connectivity index (χ0n) is 14.9. The van der Waals surface area contributed by atoms with Gasteiger partial charge in [0.05, 0.1) is 6.21 Å². The van der Waals surface area contributed by atoms with Gasteiger partial charge >= 0.3 is 0 Å². The average Bonchev–Trinajstić information content (AvgIpc) is 3.12. The highest BCUT2D eigenvalue weighted by Crippen LogP contribution is 2.27. The maximum atomic E-state index is 5.41. The summed E-state index contributed by atoms with van der Waals surface area (Å²) in [5.41, 5.74) is 2.02. The normalized spacial score (nSPS) is 11.6. The molecule has 1 heterocycles. The lowest BCUT2D eigenvalue weighted by atomic mass is 9.97. The first-order valence-corrected chi connectivity index (χ1v) is 9.40. The minimum atomic E-state index is 0.458. The summed E-state index contributed by atoms with van der Waals surface area (Å²) in [5, 5.41) is 16.6. The van der Waals surface area contributed by atoms with Gasteiger partial charge in [-0.1, -0.05) is 78.9 Å². The second-order valence-corrected chi connectivity index (χ2v) is 6.89. The molecule has 4 aromatic carbocycles. The molecule has 1 aromatic heterocycles. The summed E-state index contributed by atoms with van der Waals surface area (Å²) in [6.07, 6.45) is 1.88. The Morgan fingerprint density at radius 2 is 1.43 bits per heavy atom. The number of benzene rings is 4. The van der Waals surface area contributed by atoms with Crippen LogP contribution in [0.4, 0.5) is 0 Å². The van der Waals surface area contributed by atoms with E-state index >= 15 is 0 Å². The third-order valence-corrected chi connectivity index (χ3v) is 5.06. The maximum absolute atomic E-state index is 5.41. The molecule has 5 heteroatoms. The molecule has 5 aromatic rings. The van der Waals surface area contributed by atoms with Crippen LogP contribution in [0.5, 0.6) is 0 Å². The highest BCUT2D eigenvalue weighted by molar-refractivity contribution is 7.71. The second-order valence-electron chi connectivity index (χ2n) is 6.51. The van der Waals surface area contributed by atoms with Crippen molar-refractivity contribution in [2.45, 2.75) is 0 Å². The summed E-state index contributed by atoms with van der Waals surface area (Å²) >= 11 is 5.41. The Kier molecular flexibility index (Phi) is 4.07. The summed E-state index contributed by atoms with van der Waals surface area (Å²) in [6.45, 7) is 0. The number of nitrogens with one attached hydrogen (secondary N) is 1. The Labute approximate surface area is 166 Å². The van der Waals surface area contributed by atoms with E-state index in [1.807, 2.05) is 48.7 Å². The molecular formula is C23H16N4S. The van der Waals surface area contributed by atoms with Crippen LogP contribution in [-0.4, -0.2) is 21.1 Å². The fraction of sp³-hybridized carbons (Fsp3) is 0. The predicted octanol–water partition coefficient (Wildman–Crippen LogP) is 5.80. The molecule has 0 amide bonds. The van der Waals surface area contributed by atoms with Gasteiger partial charge in [-0.2, -0.15) is 14.9 Å². The molecule has 28 heavy (non-hydrogen) atoms. The van der Waals surface area contributed by atoms with Crippen LogP contribution in [0.2, 0.25) is 0 Å². The van der Waals surface area contributed by atoms with E-state index in [1.54, 1.807) is 4.68 Å². The maximum Gasteiger partial charge on any atom is 0.216 e. The molecule has 0 saturated carbocycles. The molecule has 0 bridgehead atoms. The van der Waals surface area contributed by atoms with E-state index < -0.39 is 0 Å². The van der Waals surface area contributed by atoms with Crippen LogP contribution in [0.3, 0.4) is 0 Å². The summed E-state index contributed by atoms with van der Waals surface area (Å²) in [5.74, 6) is 0.686. The van der Waals surface area contributed by atoms with Crippen LogP contribution in [-0.2, 0) is 0 Å². The minimum absolute atomic E-state index is 0.458. The molecule has 0 aliphatic heterocycles. The van der Waals surface area contributed by atoms with Gasteiger partial charge in [-0.25, -0.2) is 5.10 Å². The van der Waals surface area contributed by atoms with Crippen LogP contribution in [0.25, 0.3) is 32.9 Å². The van der Waals surface area contributed by atoms with Crippen molar-refractivity contribution in [2.75, 3.05) is 0 Å². The molecule has 134 valence electrons. The molecular weight excluding hydrogens is 364 g/mol. The zero-order chi connectivity index (χ0) is 18.9. The van der Waals surface area contributed by atoms with Gasteiger partial charge in [-0.3, -0.25) is 0 Å². The van der Waals surface area contributed by atoms with Gasteiger partial charge in [0.25, 0.3) is 0 Å². The number of aromatic nitrogens is 3. The Bertz CT molecular complexity index is 1330. The fourth-order valence-corrected chi connectivity index (χ4v) is 3.66. The highest BCUT2D eigenvalue weighted by atomic mass is 32.1. The van der Waals surface area contributed by atoms with E-state index in [-0.39, 0.29) is 0 Å². The van der Waals surface area contributed by atoms with Crippen molar-refractivity contribution in [1.82, 2.24) is 14.9 Å². The van der Waals surface area contributed by atoms with Crippen molar-refractivity contribution in [3.05, 3.63) is 95.3 Å². The molecule has 0 atom stereocenters. The first-order chi connectivity index (χ1) is 13.8. The lowest BCUT2D eigenvalue weighted by Crippen LogP contribution is -1.96. The molecule has 0 saturated heterocycles. The summed E-state index contributed by atoms with van der Waals surface area (Å²) in [6, 6.07) is 28.8. The molecule has 0 spiro atoms. The number of hydrogen-bond donors (Lipinski definition) is 1. The Morgan fingerprint density at radius 3 is 2.11 bits per heavy atom. The molecule has 0 radical (unpaired) electrons. The van der Waals surface area contributed by atoms with E-state index in [9.17, 15) is 0 Å². The van der Waals surface area contributed by atoms with E-state index in [4.69, 9.17) is 17.3 Å². The summed E-state index contributed by atoms with van der Waals surface area (Å²) in [7, 11) is 0. The van der Waals surface area contributed by atoms with Crippen molar-refractivity contribution in [1.29, 1.82) is 0 Å². The van der Waals surface area contributed by atoms with E-state index in [2.05, 4.69) is 52.7 Å². The van der Waals surface area contributed by atoms with Gasteiger partial charge < -0.3 is 0 Å². The molecule has 0 aliphatic carbocycles. The molecule has 0 aliphatic rings. The first kappa shape index (κ1) is 16.6. The van der Waals surface area contributed by atoms with Crippen LogP contribution in [0, 0.1) is 4.77 Å². The second kappa shape index (κ2) is 6.87. The third-order valence-electron chi connectivity index (χ3n) is 4.80. The summed E-state index contributed by atoms with van der Waals surface area (Å²) in [4.78, 5) is 0. The molecule has 0 unspecified atom stereocenters. The number of fused-ring (bicyclic) bond motifs is 2. The third kappa shape index (κ3) is 2.82. The molecule has 1 N–H and O–H groups in total. The van der Waals surface area contributed by atoms with Crippen molar-refractivity contribution >= 4 is 40.0 Å². The average molecular weight is 380 g/mol. The predicted molar refractivity (Wildman–Crippen MR) is 117 cm³/mol. The number of H-pyrrole nitrogens is 1. The van der Waals surface area contributed by atoms with E-state index in [0.717, 1.165) is 21.9 Å². The monoisotopic (exact) mass is 380 g/mol. The number of hydrogen-bond acceptors (Lipinski definition) is 3. The quantitative estimate of drug-likeness (QED) is 0.244. The smallest absolute Gasteiger partial charge is 0.216 e. The van der Waals surface area contributed by atoms with Crippen LogP contribution >= 0.6 is 12.2 Å². The Hall–Kier alpha value is -3.57. The van der Waals surface area contributed by atoms with E-state index in [0.29, 0.717) is 10.6 Å². The van der Waals surface area contributed by atoms with Crippen LogP contribution < -0.4 is 0 Å². The standard InChI is InChI=1S/C23H16N4S/c28-23-26-25-22(16-8-2-1-3-9-16)27(23)24-15-21-19-12-6-4-10-17(19)14-18-11-5-7-13-20(18)21/h1-15H,(H,26,28)/b24-15-. The van der Waals surface area contributed by atoms with Crippen molar-refractivity contribution < 1.29 is 0 Å². The molecule has 4 nitrogen and oxygen atoms in total. The molecule has 0 fully saturated rings. The zero-order valence-corrected chi connectivity index (χ0v) is 15.7. The van der Waals surface area contributed by atoms with Gasteiger partial charge in [-0.05, 0) is 39.8 Å². The topological polar surface area (TPSA) is 46.0 Å². The SMILES string of the molecule is S=c1[nH]nc(-c2ccccc2)n1/N=C\c1c2ccccc2cc2ccccc12. The van der Waals surface area contributed by atoms with Gasteiger partial charge in [0.15, 0.2) is 5.82 Å². The first-order valence-electron chi connectivity index (χ1n) is 8.99. The van der Waals surface area contributed by atoms with Gasteiger partial charge in [-0.15, -0.1) is 0 Å². The van der Waals surface area contributed by atoms with Crippen LogP contribution in [0.1, 0.15) is 5.56 Å². The van der Waals surface area contributed by atoms with Crippen molar-refractivity contribution in [3.63, 3.8) is 0 Å². The van der Waals surface area contributed by atoms with E-state index in [1.165, 1.54) is 10.8 Å². The number of aromatic amines is 1. The highest BCUT2D eigenvalue weighted by Gasteiger charge is 2.09. The van der Waals surface area contributed by atoms with Crippen molar-refractivity contribution in [3.8, 4) is 11.4 Å². The lowest BCUT2D eigenvalue weighted by Gasteiger charge is -2.08. The fourth-order valence-electron chi connectivity index (χ4n) is 3.48. The van der Waals surface area contributed by atoms with Crippen LogP contribution in [0.15, 0.2) is 90.0 Å². The Balaban J connectivity index is 1.72. The number of rotatable bonds is 3. The lowest BCUT2D eigenvalue weighted by molar-refractivity contribution is 0.872. The van der Waals surface area contributed by atoms with Gasteiger partial charge in [0, 0.05) is 11.1 Å². The largest absolute Gasteiger partial charge is 0.250 e. The van der Waals surface area contributed by atoms with Crippen molar-refractivity contribution in [2.24, 2.45) is 5.10 Å². The molecule has 5 rings (SSSR count). The summed E-state index contributed by atoms with van der Waals surface area (Å²) < 4.78 is 2.13. The number of nitrogens with zero attached hydrogens (tertiary/aromatic N) is 3. The Morgan fingerprint density at radius 1 is 0.821 bits per heavy atom. The van der Waals surface area contributed by atoms with Gasteiger partial charge in [0.2, 0.25) is 4.77 Å². The van der Waals surface area contributed by atoms with Gasteiger partial charge in [0.1, 0.15) is 0 Å². The minimum Gasteiger partial charge on any atom is -0.250 e.